The Morgan fingerprint density at radius 1 is 1.05 bits per heavy atom. The predicted octanol–water partition coefficient (Wildman–Crippen LogP) is 5.88. The van der Waals surface area contributed by atoms with E-state index in [1.165, 1.54) is 30.4 Å². The van der Waals surface area contributed by atoms with Crippen LogP contribution >= 0.6 is 0 Å². The summed E-state index contributed by atoms with van der Waals surface area (Å²) in [6.07, 6.45) is 6.76. The molecular weight excluding hydrogens is 476 g/mol. The minimum atomic E-state index is -0.0720. The third-order valence-electron chi connectivity index (χ3n) is 7.65. The van der Waals surface area contributed by atoms with E-state index in [0.29, 0.717) is 31.3 Å². The molecule has 1 aliphatic carbocycles. The van der Waals surface area contributed by atoms with Gasteiger partial charge in [-0.25, -0.2) is 4.68 Å². The number of tetrazole rings is 1. The van der Waals surface area contributed by atoms with Crippen LogP contribution in [0.4, 0.5) is 0 Å². The zero-order valence-corrected chi connectivity index (χ0v) is 22.7. The van der Waals surface area contributed by atoms with Gasteiger partial charge in [0.15, 0.2) is 5.82 Å². The smallest absolute Gasteiger partial charge is 0.252 e. The largest absolute Gasteiger partial charge is 0.494 e. The lowest BCUT2D eigenvalue weighted by Gasteiger charge is -2.32. The second kappa shape index (κ2) is 11.9. The lowest BCUT2D eigenvalue weighted by Crippen LogP contribution is -2.33. The number of pyridine rings is 1. The summed E-state index contributed by atoms with van der Waals surface area (Å²) in [6.45, 7) is 8.00. The van der Waals surface area contributed by atoms with E-state index >= 15 is 0 Å². The number of benzene rings is 2. The summed E-state index contributed by atoms with van der Waals surface area (Å²) >= 11 is 0. The molecule has 0 spiro atoms. The molecule has 1 saturated carbocycles. The second-order valence-corrected chi connectivity index (χ2v) is 10.4. The molecule has 0 bridgehead atoms. The van der Waals surface area contributed by atoms with E-state index in [-0.39, 0.29) is 11.6 Å². The van der Waals surface area contributed by atoms with Crippen LogP contribution < -0.4 is 10.3 Å². The first-order valence-electron chi connectivity index (χ1n) is 13.9. The van der Waals surface area contributed by atoms with Gasteiger partial charge in [0, 0.05) is 29.6 Å². The number of hydrogen-bond acceptors (Lipinski definition) is 6. The fourth-order valence-electron chi connectivity index (χ4n) is 5.64. The first kappa shape index (κ1) is 26.1. The van der Waals surface area contributed by atoms with Crippen LogP contribution in [0.3, 0.4) is 0 Å². The number of H-pyrrole nitrogens is 1. The Bertz CT molecular complexity index is 1400. The van der Waals surface area contributed by atoms with Crippen LogP contribution in [-0.4, -0.2) is 36.7 Å². The van der Waals surface area contributed by atoms with E-state index in [0.717, 1.165) is 41.7 Å². The maximum atomic E-state index is 13.2. The Labute approximate surface area is 224 Å². The quantitative estimate of drug-likeness (QED) is 0.284. The van der Waals surface area contributed by atoms with Crippen molar-refractivity contribution >= 4 is 10.9 Å². The van der Waals surface area contributed by atoms with E-state index < -0.39 is 0 Å². The maximum absolute atomic E-state index is 13.2. The molecule has 38 heavy (non-hydrogen) atoms. The summed E-state index contributed by atoms with van der Waals surface area (Å²) in [4.78, 5) is 18.7. The molecule has 0 saturated heterocycles. The molecule has 0 amide bonds. The van der Waals surface area contributed by atoms with E-state index in [2.05, 4.69) is 68.2 Å². The van der Waals surface area contributed by atoms with Crippen molar-refractivity contribution in [1.82, 2.24) is 30.1 Å². The average molecular weight is 515 g/mol. The van der Waals surface area contributed by atoms with Gasteiger partial charge in [0.25, 0.3) is 5.56 Å². The van der Waals surface area contributed by atoms with Crippen molar-refractivity contribution in [3.05, 3.63) is 81.4 Å². The highest BCUT2D eigenvalue weighted by molar-refractivity contribution is 5.80. The molecule has 8 nitrogen and oxygen atoms in total. The van der Waals surface area contributed by atoms with Crippen LogP contribution in [0.1, 0.15) is 87.0 Å². The summed E-state index contributed by atoms with van der Waals surface area (Å²) in [7, 11) is 0. The minimum Gasteiger partial charge on any atom is -0.494 e. The molecular formula is C30H38N6O2. The number of fused-ring (bicyclic) bond motifs is 1. The van der Waals surface area contributed by atoms with E-state index in [1.807, 2.05) is 31.2 Å². The molecule has 1 atom stereocenters. The van der Waals surface area contributed by atoms with Gasteiger partial charge in [-0.3, -0.25) is 9.69 Å². The van der Waals surface area contributed by atoms with Crippen LogP contribution in [-0.2, 0) is 13.1 Å². The molecule has 5 rings (SSSR count). The van der Waals surface area contributed by atoms with Gasteiger partial charge < -0.3 is 9.72 Å². The van der Waals surface area contributed by atoms with Crippen molar-refractivity contribution in [3.8, 4) is 5.75 Å². The summed E-state index contributed by atoms with van der Waals surface area (Å²) < 4.78 is 7.77. The first-order valence-corrected chi connectivity index (χ1v) is 13.9. The van der Waals surface area contributed by atoms with Crippen molar-refractivity contribution in [3.63, 3.8) is 0 Å². The highest BCUT2D eigenvalue weighted by Crippen LogP contribution is 2.33. The number of aryl methyl sites for hydroxylation is 1. The lowest BCUT2D eigenvalue weighted by molar-refractivity contribution is 0.155. The Kier molecular flexibility index (Phi) is 8.17. The Morgan fingerprint density at radius 2 is 1.84 bits per heavy atom. The molecule has 1 N–H and O–H groups in total. The molecule has 2 heterocycles. The summed E-state index contributed by atoms with van der Waals surface area (Å²) in [5.41, 5.74) is 3.87. The number of nitrogens with zero attached hydrogens (tertiary/aromatic N) is 5. The molecule has 1 aliphatic rings. The van der Waals surface area contributed by atoms with Crippen LogP contribution in [0, 0.1) is 6.92 Å². The van der Waals surface area contributed by atoms with Crippen molar-refractivity contribution in [2.75, 3.05) is 6.61 Å². The topological polar surface area (TPSA) is 88.9 Å². The van der Waals surface area contributed by atoms with Crippen LogP contribution in [0.15, 0.2) is 53.3 Å². The number of nitrogens with one attached hydrogen (secondary N) is 1. The number of ether oxygens (including phenoxy) is 1. The van der Waals surface area contributed by atoms with Crippen molar-refractivity contribution in [1.29, 1.82) is 0 Å². The van der Waals surface area contributed by atoms with Crippen LogP contribution in [0.5, 0.6) is 5.75 Å². The highest BCUT2D eigenvalue weighted by atomic mass is 16.5. The van der Waals surface area contributed by atoms with E-state index in [1.54, 1.807) is 0 Å². The van der Waals surface area contributed by atoms with Gasteiger partial charge >= 0.3 is 0 Å². The van der Waals surface area contributed by atoms with Gasteiger partial charge in [0.1, 0.15) is 5.75 Å². The zero-order valence-electron chi connectivity index (χ0n) is 22.7. The van der Waals surface area contributed by atoms with E-state index in [4.69, 9.17) is 4.74 Å². The highest BCUT2D eigenvalue weighted by Gasteiger charge is 2.29. The molecule has 2 aromatic heterocycles. The van der Waals surface area contributed by atoms with Gasteiger partial charge in [-0.15, -0.1) is 5.10 Å². The Morgan fingerprint density at radius 3 is 2.58 bits per heavy atom. The van der Waals surface area contributed by atoms with Gasteiger partial charge in [0.2, 0.25) is 0 Å². The number of aromatic nitrogens is 5. The van der Waals surface area contributed by atoms with Crippen molar-refractivity contribution in [2.24, 2.45) is 0 Å². The lowest BCUT2D eigenvalue weighted by atomic mass is 9.95. The summed E-state index contributed by atoms with van der Waals surface area (Å²) in [6, 6.07) is 16.7. The first-order chi connectivity index (χ1) is 18.6. The molecule has 1 fully saturated rings. The third kappa shape index (κ3) is 5.80. The van der Waals surface area contributed by atoms with Crippen molar-refractivity contribution < 1.29 is 4.74 Å². The van der Waals surface area contributed by atoms with Crippen molar-refractivity contribution in [2.45, 2.75) is 84.5 Å². The molecule has 0 radical (unpaired) electrons. The second-order valence-electron chi connectivity index (χ2n) is 10.4. The molecule has 4 aromatic rings. The summed E-state index contributed by atoms with van der Waals surface area (Å²) in [5, 5.41) is 14.1. The van der Waals surface area contributed by atoms with Gasteiger partial charge in [0.05, 0.1) is 18.7 Å². The third-order valence-corrected chi connectivity index (χ3v) is 7.65. The Hall–Kier alpha value is -3.52. The predicted molar refractivity (Wildman–Crippen MR) is 149 cm³/mol. The molecule has 0 aliphatic heterocycles. The minimum absolute atomic E-state index is 0.0296. The normalized spacial score (nSPS) is 15.3. The van der Waals surface area contributed by atoms with Crippen LogP contribution in [0.25, 0.3) is 10.9 Å². The van der Waals surface area contributed by atoms with Gasteiger partial charge in [-0.2, -0.15) is 0 Å². The summed E-state index contributed by atoms with van der Waals surface area (Å²) in [5.74, 6) is 1.69. The van der Waals surface area contributed by atoms with Crippen LogP contribution in [0.2, 0.25) is 0 Å². The number of aromatic amines is 1. The fraction of sp³-hybridized carbons (Fsp3) is 0.467. The van der Waals surface area contributed by atoms with Gasteiger partial charge in [-0.1, -0.05) is 56.0 Å². The molecule has 8 heteroatoms. The fourth-order valence-corrected chi connectivity index (χ4v) is 5.64. The number of hydrogen-bond donors (Lipinski definition) is 1. The molecule has 200 valence electrons. The average Bonchev–Trinajstić information content (AvgIpc) is 3.41. The standard InChI is InChI=1S/C30H38N6O2/c1-4-28(29-32-33-34-36(29)25-9-7-6-8-10-25)35(19-22-13-11-21(3)12-14-22)20-24-17-23-18-26(38-5-2)15-16-27(23)31-30(24)37/h11-18,25,28H,4-10,19-20H2,1-3H3,(H,31,37). The molecule has 2 aromatic carbocycles. The number of rotatable bonds is 10. The van der Waals surface area contributed by atoms with E-state index in [9.17, 15) is 4.79 Å². The zero-order chi connectivity index (χ0) is 26.5. The Balaban J connectivity index is 1.52. The molecule has 1 unspecified atom stereocenters. The van der Waals surface area contributed by atoms with Gasteiger partial charge in [-0.05, 0) is 73.4 Å². The monoisotopic (exact) mass is 514 g/mol. The SMILES string of the molecule is CCOc1ccc2[nH]c(=O)c(CN(Cc3ccc(C)cc3)C(CC)c3nnnn3C3CCCCC3)cc2c1. The maximum Gasteiger partial charge on any atom is 0.252 e.